The number of halogens is 3. The molecule has 0 saturated heterocycles. The monoisotopic (exact) mass is 295 g/mol. The summed E-state index contributed by atoms with van der Waals surface area (Å²) in [6.07, 6.45) is 0. The van der Waals surface area contributed by atoms with Gasteiger partial charge in [0.25, 0.3) is 5.91 Å². The van der Waals surface area contributed by atoms with Crippen molar-refractivity contribution in [3.63, 3.8) is 0 Å². The number of esters is 1. The van der Waals surface area contributed by atoms with Crippen LogP contribution in [0.3, 0.4) is 0 Å². The Kier molecular flexibility index (Phi) is 5.05. The summed E-state index contributed by atoms with van der Waals surface area (Å²) >= 11 is 17.3. The highest BCUT2D eigenvalue weighted by Gasteiger charge is 2.15. The van der Waals surface area contributed by atoms with Crippen LogP contribution in [0.25, 0.3) is 0 Å². The number of carbonyl (C=O) groups excluding carboxylic acids is 2. The first-order chi connectivity index (χ1) is 7.95. The number of carbonyl (C=O) groups is 2. The molecule has 4 nitrogen and oxygen atoms in total. The fourth-order valence-electron chi connectivity index (χ4n) is 1.04. The van der Waals surface area contributed by atoms with Crippen molar-refractivity contribution in [2.24, 2.45) is 0 Å². The maximum Gasteiger partial charge on any atom is 0.325 e. The standard InChI is InChI=1S/C10H8Cl3NO3/c1-17-8(15)4-14-10(16)6-2-5(11)3-7(12)9(6)13/h2-3H,4H2,1H3,(H,14,16). The molecule has 1 amide bonds. The lowest BCUT2D eigenvalue weighted by Crippen LogP contribution is -2.30. The molecule has 1 aromatic rings. The Morgan fingerprint density at radius 2 is 1.94 bits per heavy atom. The van der Waals surface area contributed by atoms with E-state index in [0.29, 0.717) is 0 Å². The third-order valence-electron chi connectivity index (χ3n) is 1.86. The van der Waals surface area contributed by atoms with E-state index >= 15 is 0 Å². The molecule has 0 radical (unpaired) electrons. The van der Waals surface area contributed by atoms with Gasteiger partial charge in [-0.15, -0.1) is 0 Å². The predicted octanol–water partition coefficient (Wildman–Crippen LogP) is 2.55. The smallest absolute Gasteiger partial charge is 0.325 e. The molecule has 0 bridgehead atoms. The van der Waals surface area contributed by atoms with Gasteiger partial charge in [-0.25, -0.2) is 0 Å². The average molecular weight is 297 g/mol. The van der Waals surface area contributed by atoms with Crippen molar-refractivity contribution < 1.29 is 14.3 Å². The number of amides is 1. The lowest BCUT2D eigenvalue weighted by Gasteiger charge is -2.07. The Morgan fingerprint density at radius 3 is 2.53 bits per heavy atom. The zero-order chi connectivity index (χ0) is 13.0. The predicted molar refractivity (Wildman–Crippen MR) is 65.8 cm³/mol. The maximum atomic E-state index is 11.7. The van der Waals surface area contributed by atoms with Gasteiger partial charge >= 0.3 is 5.97 Å². The molecule has 0 saturated carbocycles. The van der Waals surface area contributed by atoms with Crippen LogP contribution >= 0.6 is 34.8 Å². The van der Waals surface area contributed by atoms with Crippen molar-refractivity contribution in [2.75, 3.05) is 13.7 Å². The largest absolute Gasteiger partial charge is 0.468 e. The molecular formula is C10H8Cl3NO3. The summed E-state index contributed by atoms with van der Waals surface area (Å²) in [5, 5.41) is 2.86. The summed E-state index contributed by atoms with van der Waals surface area (Å²) in [6, 6.07) is 2.78. The van der Waals surface area contributed by atoms with Crippen LogP contribution in [0.15, 0.2) is 12.1 Å². The first-order valence-electron chi connectivity index (χ1n) is 4.45. The van der Waals surface area contributed by atoms with Crippen molar-refractivity contribution in [3.8, 4) is 0 Å². The summed E-state index contributed by atoms with van der Waals surface area (Å²) in [4.78, 5) is 22.5. The van der Waals surface area contributed by atoms with E-state index in [9.17, 15) is 9.59 Å². The van der Waals surface area contributed by atoms with Gasteiger partial charge in [-0.05, 0) is 12.1 Å². The van der Waals surface area contributed by atoms with E-state index in [0.717, 1.165) is 0 Å². The second-order valence-corrected chi connectivity index (χ2v) is 4.23. The minimum Gasteiger partial charge on any atom is -0.468 e. The molecule has 92 valence electrons. The highest BCUT2D eigenvalue weighted by Crippen LogP contribution is 2.29. The molecule has 0 aliphatic rings. The number of benzene rings is 1. The van der Waals surface area contributed by atoms with Crippen LogP contribution in [0.2, 0.25) is 15.1 Å². The zero-order valence-corrected chi connectivity index (χ0v) is 11.0. The van der Waals surface area contributed by atoms with Crippen LogP contribution in [0, 0.1) is 0 Å². The second-order valence-electron chi connectivity index (χ2n) is 3.01. The normalized spacial score (nSPS) is 9.88. The molecule has 0 heterocycles. The van der Waals surface area contributed by atoms with E-state index in [-0.39, 0.29) is 27.2 Å². The number of nitrogens with one attached hydrogen (secondary N) is 1. The Labute approximate surface area is 113 Å². The van der Waals surface area contributed by atoms with Crippen LogP contribution in [-0.4, -0.2) is 25.5 Å². The van der Waals surface area contributed by atoms with Crippen LogP contribution in [0.1, 0.15) is 10.4 Å². The van der Waals surface area contributed by atoms with E-state index in [2.05, 4.69) is 10.1 Å². The van der Waals surface area contributed by atoms with Gasteiger partial charge in [0.05, 0.1) is 22.7 Å². The topological polar surface area (TPSA) is 55.4 Å². The molecule has 0 aliphatic carbocycles. The molecule has 1 aromatic carbocycles. The molecule has 17 heavy (non-hydrogen) atoms. The number of hydrogen-bond acceptors (Lipinski definition) is 3. The minimum absolute atomic E-state index is 0.0819. The summed E-state index contributed by atoms with van der Waals surface area (Å²) in [5.74, 6) is -1.12. The maximum absolute atomic E-state index is 11.7. The van der Waals surface area contributed by atoms with Gasteiger partial charge < -0.3 is 10.1 Å². The molecule has 0 atom stereocenters. The van der Waals surface area contributed by atoms with Gasteiger partial charge in [-0.1, -0.05) is 34.8 Å². The quantitative estimate of drug-likeness (QED) is 0.689. The van der Waals surface area contributed by atoms with Crippen LogP contribution in [0.4, 0.5) is 0 Å². The molecular weight excluding hydrogens is 288 g/mol. The highest BCUT2D eigenvalue weighted by molar-refractivity contribution is 6.45. The van der Waals surface area contributed by atoms with Crippen molar-refractivity contribution in [1.29, 1.82) is 0 Å². The van der Waals surface area contributed by atoms with E-state index < -0.39 is 11.9 Å². The Balaban J connectivity index is 2.86. The second kappa shape index (κ2) is 6.10. The zero-order valence-electron chi connectivity index (χ0n) is 8.72. The van der Waals surface area contributed by atoms with E-state index in [1.807, 2.05) is 0 Å². The highest BCUT2D eigenvalue weighted by atomic mass is 35.5. The fraction of sp³-hybridized carbons (Fsp3) is 0.200. The summed E-state index contributed by atoms with van der Waals surface area (Å²) < 4.78 is 4.38. The van der Waals surface area contributed by atoms with Gasteiger partial charge in [0.1, 0.15) is 6.54 Å². The molecule has 0 aliphatic heterocycles. The lowest BCUT2D eigenvalue weighted by atomic mass is 10.2. The molecule has 0 unspecified atom stereocenters. The first kappa shape index (κ1) is 14.1. The Morgan fingerprint density at radius 1 is 1.29 bits per heavy atom. The van der Waals surface area contributed by atoms with Crippen LogP contribution in [-0.2, 0) is 9.53 Å². The molecule has 0 fully saturated rings. The van der Waals surface area contributed by atoms with Gasteiger partial charge in [0.2, 0.25) is 0 Å². The van der Waals surface area contributed by atoms with E-state index in [1.165, 1.54) is 19.2 Å². The van der Waals surface area contributed by atoms with E-state index in [1.54, 1.807) is 0 Å². The summed E-state index contributed by atoms with van der Waals surface area (Å²) in [6.45, 7) is -0.254. The van der Waals surface area contributed by atoms with Gasteiger partial charge in [-0.2, -0.15) is 0 Å². The number of ether oxygens (including phenoxy) is 1. The van der Waals surface area contributed by atoms with Crippen molar-refractivity contribution in [3.05, 3.63) is 32.8 Å². The third-order valence-corrected chi connectivity index (χ3v) is 2.88. The average Bonchev–Trinajstić information content (AvgIpc) is 2.30. The lowest BCUT2D eigenvalue weighted by molar-refractivity contribution is -0.139. The minimum atomic E-state index is -0.567. The van der Waals surface area contributed by atoms with Gasteiger partial charge in [-0.3, -0.25) is 9.59 Å². The Bertz CT molecular complexity index is 462. The number of hydrogen-bond donors (Lipinski definition) is 1. The molecule has 0 aromatic heterocycles. The van der Waals surface area contributed by atoms with Gasteiger partial charge in [0, 0.05) is 5.02 Å². The van der Waals surface area contributed by atoms with Crippen LogP contribution in [0.5, 0.6) is 0 Å². The Hall–Kier alpha value is -0.970. The molecule has 1 rings (SSSR count). The molecule has 1 N–H and O–H groups in total. The van der Waals surface area contributed by atoms with E-state index in [4.69, 9.17) is 34.8 Å². The first-order valence-corrected chi connectivity index (χ1v) is 5.58. The summed E-state index contributed by atoms with van der Waals surface area (Å²) in [7, 11) is 1.22. The number of rotatable bonds is 3. The SMILES string of the molecule is COC(=O)CNC(=O)c1cc(Cl)cc(Cl)c1Cl. The van der Waals surface area contributed by atoms with Crippen molar-refractivity contribution in [2.45, 2.75) is 0 Å². The fourth-order valence-corrected chi connectivity index (χ4v) is 1.73. The third kappa shape index (κ3) is 3.77. The number of methoxy groups -OCH3 is 1. The van der Waals surface area contributed by atoms with Crippen molar-refractivity contribution >= 4 is 46.7 Å². The van der Waals surface area contributed by atoms with Crippen molar-refractivity contribution in [1.82, 2.24) is 5.32 Å². The van der Waals surface area contributed by atoms with Gasteiger partial charge in [0.15, 0.2) is 0 Å². The van der Waals surface area contributed by atoms with Crippen LogP contribution < -0.4 is 5.32 Å². The molecule has 0 spiro atoms. The summed E-state index contributed by atoms with van der Waals surface area (Å²) in [5.41, 5.74) is 0.105. The molecule has 7 heteroatoms.